The first-order valence-electron chi connectivity index (χ1n) is 5.23. The standard InChI is InChI=1S/C11H8N4O3/c16-15(17)10-5-14(7-12-10)6-11-13-8-3-1-2-4-9(8)18-11/h1-5,7H,6H2. The molecule has 0 atom stereocenters. The van der Waals surface area contributed by atoms with Crippen LogP contribution in [0, 0.1) is 10.1 Å². The third kappa shape index (κ3) is 1.81. The molecule has 2 heterocycles. The highest BCUT2D eigenvalue weighted by atomic mass is 16.6. The molecular weight excluding hydrogens is 236 g/mol. The fourth-order valence-corrected chi connectivity index (χ4v) is 1.67. The molecule has 0 saturated carbocycles. The van der Waals surface area contributed by atoms with Crippen LogP contribution in [0.3, 0.4) is 0 Å². The summed E-state index contributed by atoms with van der Waals surface area (Å²) in [7, 11) is 0. The number of para-hydroxylation sites is 2. The lowest BCUT2D eigenvalue weighted by Crippen LogP contribution is -1.96. The maximum Gasteiger partial charge on any atom is 0.381 e. The summed E-state index contributed by atoms with van der Waals surface area (Å²) in [5.74, 6) is 0.301. The van der Waals surface area contributed by atoms with Gasteiger partial charge in [-0.3, -0.25) is 0 Å². The third-order valence-electron chi connectivity index (χ3n) is 2.46. The molecule has 0 unspecified atom stereocenters. The predicted octanol–water partition coefficient (Wildman–Crippen LogP) is 1.98. The van der Waals surface area contributed by atoms with Gasteiger partial charge in [0.25, 0.3) is 0 Å². The van der Waals surface area contributed by atoms with Gasteiger partial charge in [-0.2, -0.15) is 0 Å². The van der Waals surface area contributed by atoms with E-state index in [9.17, 15) is 10.1 Å². The van der Waals surface area contributed by atoms with E-state index in [-0.39, 0.29) is 5.82 Å². The number of imidazole rings is 1. The largest absolute Gasteiger partial charge is 0.439 e. The Morgan fingerprint density at radius 1 is 1.39 bits per heavy atom. The van der Waals surface area contributed by atoms with Crippen LogP contribution in [0.5, 0.6) is 0 Å². The maximum atomic E-state index is 10.5. The molecule has 2 aromatic heterocycles. The number of rotatable bonds is 3. The van der Waals surface area contributed by atoms with Crippen molar-refractivity contribution in [2.75, 3.05) is 0 Å². The molecule has 0 spiro atoms. The van der Waals surface area contributed by atoms with Gasteiger partial charge in [-0.25, -0.2) is 4.98 Å². The quantitative estimate of drug-likeness (QED) is 0.519. The van der Waals surface area contributed by atoms with Gasteiger partial charge in [0.2, 0.25) is 12.2 Å². The number of aromatic nitrogens is 3. The van der Waals surface area contributed by atoms with Crippen LogP contribution >= 0.6 is 0 Å². The van der Waals surface area contributed by atoms with Crippen LogP contribution in [-0.4, -0.2) is 19.5 Å². The molecule has 18 heavy (non-hydrogen) atoms. The van der Waals surface area contributed by atoms with Gasteiger partial charge >= 0.3 is 5.82 Å². The van der Waals surface area contributed by atoms with Gasteiger partial charge in [-0.1, -0.05) is 12.1 Å². The van der Waals surface area contributed by atoms with E-state index in [0.29, 0.717) is 18.0 Å². The molecule has 1 aromatic carbocycles. The van der Waals surface area contributed by atoms with E-state index < -0.39 is 4.92 Å². The lowest BCUT2D eigenvalue weighted by molar-refractivity contribution is -0.389. The van der Waals surface area contributed by atoms with Crippen LogP contribution < -0.4 is 0 Å². The summed E-state index contributed by atoms with van der Waals surface area (Å²) in [5, 5.41) is 10.5. The number of oxazole rings is 1. The molecule has 0 bridgehead atoms. The van der Waals surface area contributed by atoms with Gasteiger partial charge in [0.1, 0.15) is 18.3 Å². The Bertz CT molecular complexity index is 683. The van der Waals surface area contributed by atoms with Crippen molar-refractivity contribution < 1.29 is 9.34 Å². The first-order valence-corrected chi connectivity index (χ1v) is 5.23. The van der Waals surface area contributed by atoms with Gasteiger partial charge in [0.05, 0.1) is 0 Å². The average Bonchev–Trinajstić information content (AvgIpc) is 2.94. The van der Waals surface area contributed by atoms with Crippen LogP contribution in [0.4, 0.5) is 5.82 Å². The first-order chi connectivity index (χ1) is 8.72. The van der Waals surface area contributed by atoms with Crippen molar-refractivity contribution in [3.63, 3.8) is 0 Å². The maximum absolute atomic E-state index is 10.5. The van der Waals surface area contributed by atoms with E-state index in [1.807, 2.05) is 24.3 Å². The molecule has 0 fully saturated rings. The molecule has 0 amide bonds. The second-order valence-corrected chi connectivity index (χ2v) is 3.74. The molecule has 0 N–H and O–H groups in total. The Labute approximate surface area is 101 Å². The minimum absolute atomic E-state index is 0.189. The molecule has 0 aliphatic heterocycles. The van der Waals surface area contributed by atoms with Crippen molar-refractivity contribution in [2.45, 2.75) is 6.54 Å². The summed E-state index contributed by atoms with van der Waals surface area (Å²) < 4.78 is 7.07. The van der Waals surface area contributed by atoms with Crippen LogP contribution in [0.2, 0.25) is 0 Å². The topological polar surface area (TPSA) is 87.0 Å². The number of nitro groups is 1. The second-order valence-electron chi connectivity index (χ2n) is 3.74. The molecule has 0 saturated heterocycles. The van der Waals surface area contributed by atoms with Crippen molar-refractivity contribution >= 4 is 16.9 Å². The monoisotopic (exact) mass is 244 g/mol. The molecule has 0 radical (unpaired) electrons. The Balaban J connectivity index is 1.88. The number of fused-ring (bicyclic) bond motifs is 1. The number of hydrogen-bond acceptors (Lipinski definition) is 5. The van der Waals surface area contributed by atoms with Crippen LogP contribution in [0.15, 0.2) is 41.2 Å². The van der Waals surface area contributed by atoms with Crippen LogP contribution in [-0.2, 0) is 6.54 Å². The summed E-state index contributed by atoms with van der Waals surface area (Å²) in [4.78, 5) is 17.9. The molecule has 90 valence electrons. The van der Waals surface area contributed by atoms with E-state index in [0.717, 1.165) is 5.52 Å². The summed E-state index contributed by atoms with van der Waals surface area (Å²) in [6.45, 7) is 0.315. The predicted molar refractivity (Wildman–Crippen MR) is 62.0 cm³/mol. The van der Waals surface area contributed by atoms with E-state index in [1.54, 1.807) is 4.57 Å². The fraction of sp³-hybridized carbons (Fsp3) is 0.0909. The van der Waals surface area contributed by atoms with E-state index in [1.165, 1.54) is 12.5 Å². The van der Waals surface area contributed by atoms with Crippen molar-refractivity contribution in [3.8, 4) is 0 Å². The van der Waals surface area contributed by atoms with E-state index >= 15 is 0 Å². The van der Waals surface area contributed by atoms with Crippen molar-refractivity contribution in [3.05, 3.63) is 52.8 Å². The Hall–Kier alpha value is -2.70. The Kier molecular flexibility index (Phi) is 2.30. The smallest absolute Gasteiger partial charge is 0.381 e. The Morgan fingerprint density at radius 2 is 2.22 bits per heavy atom. The summed E-state index contributed by atoms with van der Waals surface area (Å²) in [6.07, 6.45) is 2.72. The molecule has 3 rings (SSSR count). The van der Waals surface area contributed by atoms with Gasteiger partial charge < -0.3 is 19.1 Å². The summed E-state index contributed by atoms with van der Waals surface area (Å²) in [5.41, 5.74) is 1.46. The van der Waals surface area contributed by atoms with Gasteiger partial charge in [-0.15, -0.1) is 0 Å². The fourth-order valence-electron chi connectivity index (χ4n) is 1.67. The minimum Gasteiger partial charge on any atom is -0.439 e. The van der Waals surface area contributed by atoms with Crippen molar-refractivity contribution in [1.29, 1.82) is 0 Å². The van der Waals surface area contributed by atoms with Gasteiger partial charge in [0.15, 0.2) is 5.58 Å². The zero-order chi connectivity index (χ0) is 12.5. The molecule has 7 nitrogen and oxygen atoms in total. The van der Waals surface area contributed by atoms with Crippen molar-refractivity contribution in [1.82, 2.24) is 14.5 Å². The number of nitrogens with zero attached hydrogens (tertiary/aromatic N) is 4. The van der Waals surface area contributed by atoms with Gasteiger partial charge in [-0.05, 0) is 22.0 Å². The highest BCUT2D eigenvalue weighted by Gasteiger charge is 2.12. The van der Waals surface area contributed by atoms with E-state index in [4.69, 9.17) is 4.42 Å². The molecular formula is C11H8N4O3. The van der Waals surface area contributed by atoms with Crippen LogP contribution in [0.1, 0.15) is 5.89 Å². The number of benzene rings is 1. The molecule has 7 heteroatoms. The number of hydrogen-bond donors (Lipinski definition) is 0. The second kappa shape index (κ2) is 3.95. The zero-order valence-electron chi connectivity index (χ0n) is 9.18. The lowest BCUT2D eigenvalue weighted by Gasteiger charge is -1.93. The first kappa shape index (κ1) is 10.5. The normalized spacial score (nSPS) is 10.9. The summed E-state index contributed by atoms with van der Waals surface area (Å²) in [6, 6.07) is 7.40. The van der Waals surface area contributed by atoms with Gasteiger partial charge in [0, 0.05) is 0 Å². The highest BCUT2D eigenvalue weighted by molar-refractivity contribution is 5.72. The van der Waals surface area contributed by atoms with Crippen molar-refractivity contribution in [2.24, 2.45) is 0 Å². The van der Waals surface area contributed by atoms with Crippen LogP contribution in [0.25, 0.3) is 11.1 Å². The highest BCUT2D eigenvalue weighted by Crippen LogP contribution is 2.16. The minimum atomic E-state index is -0.539. The Morgan fingerprint density at radius 3 is 2.94 bits per heavy atom. The zero-order valence-corrected chi connectivity index (χ0v) is 9.18. The molecule has 0 aliphatic rings. The molecule has 0 aliphatic carbocycles. The third-order valence-corrected chi connectivity index (χ3v) is 2.46. The average molecular weight is 244 g/mol. The lowest BCUT2D eigenvalue weighted by atomic mass is 10.3. The SMILES string of the molecule is O=[N+]([O-])c1cn(Cc2nc3ccccc3o2)cn1. The summed E-state index contributed by atoms with van der Waals surface area (Å²) >= 11 is 0. The molecule has 3 aromatic rings. The van der Waals surface area contributed by atoms with E-state index in [2.05, 4.69) is 9.97 Å².